The van der Waals surface area contributed by atoms with Crippen molar-refractivity contribution in [3.8, 4) is 0 Å². The molecule has 5 nitrogen and oxygen atoms in total. The van der Waals surface area contributed by atoms with Gasteiger partial charge in [0.15, 0.2) is 6.61 Å². The van der Waals surface area contributed by atoms with E-state index in [1.165, 1.54) is 0 Å². The van der Waals surface area contributed by atoms with E-state index >= 15 is 0 Å². The first-order chi connectivity index (χ1) is 12.0. The van der Waals surface area contributed by atoms with Crippen LogP contribution in [-0.4, -0.2) is 48.6 Å². The summed E-state index contributed by atoms with van der Waals surface area (Å²) in [5, 5.41) is 0. The van der Waals surface area contributed by atoms with Crippen molar-refractivity contribution in [1.29, 1.82) is 0 Å². The fourth-order valence-electron chi connectivity index (χ4n) is 3.60. The van der Waals surface area contributed by atoms with Crippen LogP contribution in [-0.2, 0) is 9.53 Å². The van der Waals surface area contributed by atoms with Crippen molar-refractivity contribution in [2.75, 3.05) is 24.6 Å². The van der Waals surface area contributed by atoms with E-state index in [1.54, 1.807) is 12.1 Å². The van der Waals surface area contributed by atoms with Gasteiger partial charge in [-0.05, 0) is 71.2 Å². The summed E-state index contributed by atoms with van der Waals surface area (Å²) in [5.41, 5.74) is 1.55. The van der Waals surface area contributed by atoms with Crippen LogP contribution >= 0.6 is 0 Å². The van der Waals surface area contributed by atoms with Gasteiger partial charge in [0.25, 0.3) is 5.91 Å². The Bertz CT molecular complexity index is 571. The number of esters is 1. The molecule has 1 aliphatic rings. The van der Waals surface area contributed by atoms with Crippen molar-refractivity contribution >= 4 is 17.6 Å². The Balaban J connectivity index is 1.92. The van der Waals surface area contributed by atoms with Gasteiger partial charge in [0.2, 0.25) is 0 Å². The van der Waals surface area contributed by atoms with Gasteiger partial charge in [0.05, 0.1) is 5.56 Å². The first-order valence-electron chi connectivity index (χ1n) is 9.31. The molecule has 0 unspecified atom stereocenters. The number of piperidine rings is 1. The lowest BCUT2D eigenvalue weighted by molar-refractivity contribution is -0.140. The quantitative estimate of drug-likeness (QED) is 0.740. The molecular weight excluding hydrogens is 316 g/mol. The zero-order valence-corrected chi connectivity index (χ0v) is 15.8. The van der Waals surface area contributed by atoms with Crippen LogP contribution < -0.4 is 4.90 Å². The number of nitrogens with zero attached hydrogens (tertiary/aromatic N) is 2. The lowest BCUT2D eigenvalue weighted by atomic mass is 9.97. The molecule has 1 heterocycles. The highest BCUT2D eigenvalue weighted by atomic mass is 16.5. The summed E-state index contributed by atoms with van der Waals surface area (Å²) in [6.07, 6.45) is 3.17. The molecule has 1 aromatic rings. The largest absolute Gasteiger partial charge is 0.452 e. The van der Waals surface area contributed by atoms with Crippen LogP contribution in [0.25, 0.3) is 0 Å². The summed E-state index contributed by atoms with van der Waals surface area (Å²) in [6.45, 7) is 9.95. The Labute approximate surface area is 150 Å². The Kier molecular flexibility index (Phi) is 6.85. The second kappa shape index (κ2) is 8.88. The fraction of sp³-hybridized carbons (Fsp3) is 0.600. The third kappa shape index (κ3) is 4.74. The Morgan fingerprint density at radius 2 is 1.64 bits per heavy atom. The molecule has 1 aliphatic heterocycles. The highest BCUT2D eigenvalue weighted by molar-refractivity contribution is 5.91. The zero-order valence-electron chi connectivity index (χ0n) is 15.8. The van der Waals surface area contributed by atoms with Gasteiger partial charge in [-0.1, -0.05) is 0 Å². The molecule has 0 bridgehead atoms. The predicted molar refractivity (Wildman–Crippen MR) is 99.9 cm³/mol. The van der Waals surface area contributed by atoms with Crippen LogP contribution in [0.2, 0.25) is 0 Å². The Morgan fingerprint density at radius 3 is 2.16 bits per heavy atom. The van der Waals surface area contributed by atoms with Gasteiger partial charge in [0.1, 0.15) is 0 Å². The maximum atomic E-state index is 12.4. The Morgan fingerprint density at radius 1 is 1.08 bits per heavy atom. The number of carbonyl (C=O) groups excluding carboxylic acids is 2. The van der Waals surface area contributed by atoms with Crippen LogP contribution in [0.3, 0.4) is 0 Å². The van der Waals surface area contributed by atoms with Crippen molar-refractivity contribution in [3.05, 3.63) is 29.8 Å². The van der Waals surface area contributed by atoms with E-state index in [4.69, 9.17) is 4.74 Å². The van der Waals surface area contributed by atoms with Crippen molar-refractivity contribution in [2.45, 2.75) is 59.0 Å². The number of ether oxygens (including phenoxy) is 1. The molecule has 1 aromatic carbocycles. The van der Waals surface area contributed by atoms with Gasteiger partial charge >= 0.3 is 5.97 Å². The summed E-state index contributed by atoms with van der Waals surface area (Å²) >= 11 is 0. The van der Waals surface area contributed by atoms with Gasteiger partial charge in [-0.3, -0.25) is 4.79 Å². The highest BCUT2D eigenvalue weighted by Gasteiger charge is 2.29. The number of carbonyl (C=O) groups is 2. The van der Waals surface area contributed by atoms with Gasteiger partial charge in [-0.15, -0.1) is 0 Å². The van der Waals surface area contributed by atoms with Crippen molar-refractivity contribution in [2.24, 2.45) is 0 Å². The van der Waals surface area contributed by atoms with E-state index in [-0.39, 0.29) is 24.6 Å². The molecule has 0 aromatic heterocycles. The number of hydrogen-bond donors (Lipinski definition) is 0. The molecule has 0 N–H and O–H groups in total. The summed E-state index contributed by atoms with van der Waals surface area (Å²) in [6, 6.07) is 7.77. The normalized spacial score (nSPS) is 20.2. The first-order valence-corrected chi connectivity index (χ1v) is 9.31. The summed E-state index contributed by atoms with van der Waals surface area (Å²) in [7, 11) is 0. The smallest absolute Gasteiger partial charge is 0.338 e. The lowest BCUT2D eigenvalue weighted by Gasteiger charge is -2.38. The minimum absolute atomic E-state index is 0.104. The van der Waals surface area contributed by atoms with Crippen LogP contribution in [0, 0.1) is 0 Å². The number of rotatable bonds is 6. The van der Waals surface area contributed by atoms with Gasteiger partial charge in [-0.25, -0.2) is 4.79 Å². The van der Waals surface area contributed by atoms with Crippen LogP contribution in [0.15, 0.2) is 24.3 Å². The standard InChI is InChI=1S/C20H30N2O3/c1-5-21(6-2)18-12-10-17(11-13-18)20(24)25-14-19(23)22-15(3)8-7-9-16(22)4/h10-13,15-16H,5-9,14H2,1-4H3/t15-,16-/m0/s1. The number of likely N-dealkylation sites (tertiary alicyclic amines) is 1. The topological polar surface area (TPSA) is 49.9 Å². The van der Waals surface area contributed by atoms with E-state index < -0.39 is 5.97 Å². The number of anilines is 1. The molecule has 25 heavy (non-hydrogen) atoms. The van der Waals surface area contributed by atoms with E-state index in [1.807, 2.05) is 17.0 Å². The molecule has 1 saturated heterocycles. The average molecular weight is 346 g/mol. The van der Waals surface area contributed by atoms with Crippen LogP contribution in [0.4, 0.5) is 5.69 Å². The maximum absolute atomic E-state index is 12.4. The summed E-state index contributed by atoms with van der Waals surface area (Å²) in [5.74, 6) is -0.551. The van der Waals surface area contributed by atoms with Crippen molar-refractivity contribution < 1.29 is 14.3 Å². The van der Waals surface area contributed by atoms with E-state index in [9.17, 15) is 9.59 Å². The third-order valence-electron chi connectivity index (χ3n) is 5.04. The number of benzene rings is 1. The van der Waals surface area contributed by atoms with E-state index in [0.717, 1.165) is 38.0 Å². The maximum Gasteiger partial charge on any atom is 0.338 e. The number of amides is 1. The number of hydrogen-bond acceptors (Lipinski definition) is 4. The van der Waals surface area contributed by atoms with Crippen molar-refractivity contribution in [1.82, 2.24) is 4.90 Å². The lowest BCUT2D eigenvalue weighted by Crippen LogP contribution is -2.49. The first kappa shape index (κ1) is 19.3. The third-order valence-corrected chi connectivity index (χ3v) is 5.04. The Hall–Kier alpha value is -2.04. The zero-order chi connectivity index (χ0) is 18.4. The minimum atomic E-state index is -0.447. The highest BCUT2D eigenvalue weighted by Crippen LogP contribution is 2.22. The van der Waals surface area contributed by atoms with Gasteiger partial charge in [0, 0.05) is 30.9 Å². The molecule has 0 saturated carbocycles. The van der Waals surface area contributed by atoms with E-state index in [2.05, 4.69) is 32.6 Å². The summed E-state index contributed by atoms with van der Waals surface area (Å²) < 4.78 is 5.25. The predicted octanol–water partition coefficient (Wildman–Crippen LogP) is 3.48. The molecule has 0 spiro atoms. The van der Waals surface area contributed by atoms with Gasteiger partial charge in [-0.2, -0.15) is 0 Å². The molecule has 138 valence electrons. The monoisotopic (exact) mass is 346 g/mol. The van der Waals surface area contributed by atoms with Crippen LogP contribution in [0.1, 0.15) is 57.3 Å². The second-order valence-electron chi connectivity index (χ2n) is 6.73. The average Bonchev–Trinajstić information content (AvgIpc) is 2.61. The minimum Gasteiger partial charge on any atom is -0.452 e. The van der Waals surface area contributed by atoms with Crippen LogP contribution in [0.5, 0.6) is 0 Å². The molecule has 1 fully saturated rings. The van der Waals surface area contributed by atoms with Crippen molar-refractivity contribution in [3.63, 3.8) is 0 Å². The van der Waals surface area contributed by atoms with Gasteiger partial charge < -0.3 is 14.5 Å². The molecule has 0 aliphatic carbocycles. The second-order valence-corrected chi connectivity index (χ2v) is 6.73. The molecule has 2 atom stereocenters. The summed E-state index contributed by atoms with van der Waals surface area (Å²) in [4.78, 5) is 28.7. The van der Waals surface area contributed by atoms with E-state index in [0.29, 0.717) is 5.56 Å². The fourth-order valence-corrected chi connectivity index (χ4v) is 3.60. The SMILES string of the molecule is CCN(CC)c1ccc(C(=O)OCC(=O)N2[C@@H](C)CCC[C@@H]2C)cc1. The molecule has 5 heteroatoms. The molecule has 0 radical (unpaired) electrons. The molecule has 2 rings (SSSR count). The molecular formula is C20H30N2O3. The molecule has 1 amide bonds.